The normalized spacial score (nSPS) is 21.4. The van der Waals surface area contributed by atoms with E-state index in [0.717, 1.165) is 5.56 Å². The van der Waals surface area contributed by atoms with Gasteiger partial charge in [0.05, 0.1) is 6.04 Å². The van der Waals surface area contributed by atoms with Gasteiger partial charge in [0.15, 0.2) is 0 Å². The number of carbonyl (C=O) groups is 2. The standard InChI is InChI=1S/C15H19FN2O2/c1-3-13-15(20)18(8-7-14(19)17-13)10(2)11-5-4-6-12(16)9-11/h4-6,9-10,13H,3,7-8H2,1-2H3,(H,17,19). The summed E-state index contributed by atoms with van der Waals surface area (Å²) in [6, 6.07) is 5.49. The Morgan fingerprint density at radius 1 is 1.45 bits per heavy atom. The van der Waals surface area contributed by atoms with Gasteiger partial charge in [-0.15, -0.1) is 0 Å². The van der Waals surface area contributed by atoms with E-state index in [1.807, 2.05) is 13.8 Å². The Morgan fingerprint density at radius 3 is 2.85 bits per heavy atom. The molecule has 0 radical (unpaired) electrons. The van der Waals surface area contributed by atoms with Gasteiger partial charge in [0.2, 0.25) is 11.8 Å². The second kappa shape index (κ2) is 6.03. The highest BCUT2D eigenvalue weighted by molar-refractivity contribution is 5.90. The Balaban J connectivity index is 2.25. The zero-order valence-electron chi connectivity index (χ0n) is 11.7. The molecule has 0 spiro atoms. The van der Waals surface area contributed by atoms with E-state index in [1.54, 1.807) is 17.0 Å². The van der Waals surface area contributed by atoms with Crippen LogP contribution in [-0.4, -0.2) is 29.3 Å². The molecule has 2 amide bonds. The second-order valence-corrected chi connectivity index (χ2v) is 5.04. The van der Waals surface area contributed by atoms with Crippen LogP contribution in [0.3, 0.4) is 0 Å². The van der Waals surface area contributed by atoms with Gasteiger partial charge in [0, 0.05) is 13.0 Å². The molecule has 1 aromatic rings. The SMILES string of the molecule is CCC1NC(=O)CCN(C(C)c2cccc(F)c2)C1=O. The van der Waals surface area contributed by atoms with Crippen LogP contribution >= 0.6 is 0 Å². The van der Waals surface area contributed by atoms with E-state index in [9.17, 15) is 14.0 Å². The molecule has 1 aromatic carbocycles. The average Bonchev–Trinajstić information content (AvgIpc) is 2.57. The van der Waals surface area contributed by atoms with Crippen molar-refractivity contribution in [3.63, 3.8) is 0 Å². The molecule has 1 saturated heterocycles. The van der Waals surface area contributed by atoms with Crippen LogP contribution < -0.4 is 5.32 Å². The minimum Gasteiger partial charge on any atom is -0.344 e. The van der Waals surface area contributed by atoms with Gasteiger partial charge in [-0.2, -0.15) is 0 Å². The van der Waals surface area contributed by atoms with Gasteiger partial charge in [-0.05, 0) is 31.0 Å². The quantitative estimate of drug-likeness (QED) is 0.919. The van der Waals surface area contributed by atoms with E-state index in [2.05, 4.69) is 5.32 Å². The molecular formula is C15H19FN2O2. The predicted molar refractivity (Wildman–Crippen MR) is 73.4 cm³/mol. The Kier molecular flexibility index (Phi) is 4.37. The molecule has 2 unspecified atom stereocenters. The van der Waals surface area contributed by atoms with Crippen LogP contribution in [-0.2, 0) is 9.59 Å². The summed E-state index contributed by atoms with van der Waals surface area (Å²) in [5, 5.41) is 2.72. The highest BCUT2D eigenvalue weighted by Crippen LogP contribution is 2.23. The molecule has 0 saturated carbocycles. The third-order valence-corrected chi connectivity index (χ3v) is 3.70. The van der Waals surface area contributed by atoms with Crippen molar-refractivity contribution in [3.05, 3.63) is 35.6 Å². The lowest BCUT2D eigenvalue weighted by Gasteiger charge is -2.30. The van der Waals surface area contributed by atoms with E-state index >= 15 is 0 Å². The van der Waals surface area contributed by atoms with E-state index in [4.69, 9.17) is 0 Å². The molecule has 1 aliphatic heterocycles. The summed E-state index contributed by atoms with van der Waals surface area (Å²) in [7, 11) is 0. The first-order valence-corrected chi connectivity index (χ1v) is 6.88. The van der Waals surface area contributed by atoms with Gasteiger partial charge in [0.1, 0.15) is 11.9 Å². The van der Waals surface area contributed by atoms with Crippen molar-refractivity contribution in [3.8, 4) is 0 Å². The predicted octanol–water partition coefficient (Wildman–Crippen LogP) is 2.01. The number of nitrogens with zero attached hydrogens (tertiary/aromatic N) is 1. The molecule has 1 N–H and O–H groups in total. The van der Waals surface area contributed by atoms with Gasteiger partial charge in [-0.25, -0.2) is 4.39 Å². The first-order valence-electron chi connectivity index (χ1n) is 6.88. The zero-order chi connectivity index (χ0) is 14.7. The molecule has 2 rings (SSSR count). The summed E-state index contributed by atoms with van der Waals surface area (Å²) in [5.74, 6) is -0.535. The largest absolute Gasteiger partial charge is 0.344 e. The molecule has 0 aromatic heterocycles. The van der Waals surface area contributed by atoms with Crippen LogP contribution in [0.15, 0.2) is 24.3 Å². The minimum atomic E-state index is -0.485. The second-order valence-electron chi connectivity index (χ2n) is 5.04. The molecule has 1 aliphatic rings. The molecule has 5 heteroatoms. The Morgan fingerprint density at radius 2 is 2.20 bits per heavy atom. The lowest BCUT2D eigenvalue weighted by Crippen LogP contribution is -2.45. The van der Waals surface area contributed by atoms with Crippen molar-refractivity contribution in [1.82, 2.24) is 10.2 Å². The molecule has 2 atom stereocenters. The molecular weight excluding hydrogens is 259 g/mol. The number of benzene rings is 1. The smallest absolute Gasteiger partial charge is 0.245 e. The first kappa shape index (κ1) is 14.5. The third-order valence-electron chi connectivity index (χ3n) is 3.70. The van der Waals surface area contributed by atoms with Gasteiger partial charge >= 0.3 is 0 Å². The van der Waals surface area contributed by atoms with E-state index in [-0.39, 0.29) is 30.1 Å². The molecule has 4 nitrogen and oxygen atoms in total. The van der Waals surface area contributed by atoms with Gasteiger partial charge < -0.3 is 10.2 Å². The van der Waals surface area contributed by atoms with Crippen LogP contribution in [0.2, 0.25) is 0 Å². The Labute approximate surface area is 118 Å². The van der Waals surface area contributed by atoms with E-state index in [1.165, 1.54) is 12.1 Å². The van der Waals surface area contributed by atoms with Crippen molar-refractivity contribution in [2.75, 3.05) is 6.54 Å². The summed E-state index contributed by atoms with van der Waals surface area (Å²) in [6.45, 7) is 4.08. The van der Waals surface area contributed by atoms with Crippen LogP contribution in [0.1, 0.15) is 38.3 Å². The van der Waals surface area contributed by atoms with Crippen molar-refractivity contribution >= 4 is 11.8 Å². The van der Waals surface area contributed by atoms with Crippen molar-refractivity contribution in [2.45, 2.75) is 38.8 Å². The van der Waals surface area contributed by atoms with Crippen LogP contribution in [0.4, 0.5) is 4.39 Å². The summed E-state index contributed by atoms with van der Waals surface area (Å²) in [6.07, 6.45) is 0.832. The van der Waals surface area contributed by atoms with Crippen LogP contribution in [0.25, 0.3) is 0 Å². The highest BCUT2D eigenvalue weighted by Gasteiger charge is 2.31. The Bertz CT molecular complexity index is 518. The number of hydrogen-bond acceptors (Lipinski definition) is 2. The Hall–Kier alpha value is -1.91. The highest BCUT2D eigenvalue weighted by atomic mass is 19.1. The number of amides is 2. The fraction of sp³-hybridized carbons (Fsp3) is 0.467. The molecule has 1 heterocycles. The third kappa shape index (κ3) is 2.98. The maximum atomic E-state index is 13.3. The van der Waals surface area contributed by atoms with Crippen molar-refractivity contribution < 1.29 is 14.0 Å². The minimum absolute atomic E-state index is 0.102. The topological polar surface area (TPSA) is 49.4 Å². The summed E-state index contributed by atoms with van der Waals surface area (Å²) >= 11 is 0. The molecule has 0 bridgehead atoms. The maximum absolute atomic E-state index is 13.3. The summed E-state index contributed by atoms with van der Waals surface area (Å²) < 4.78 is 13.3. The van der Waals surface area contributed by atoms with Crippen LogP contribution in [0.5, 0.6) is 0 Å². The van der Waals surface area contributed by atoms with E-state index in [0.29, 0.717) is 13.0 Å². The number of halogens is 1. The molecule has 108 valence electrons. The van der Waals surface area contributed by atoms with E-state index < -0.39 is 6.04 Å². The van der Waals surface area contributed by atoms with Gasteiger partial charge in [-0.3, -0.25) is 9.59 Å². The fourth-order valence-electron chi connectivity index (χ4n) is 2.47. The number of carbonyl (C=O) groups excluding carboxylic acids is 2. The zero-order valence-corrected chi connectivity index (χ0v) is 11.7. The maximum Gasteiger partial charge on any atom is 0.245 e. The molecule has 1 fully saturated rings. The fourth-order valence-corrected chi connectivity index (χ4v) is 2.47. The number of nitrogens with one attached hydrogen (secondary N) is 1. The average molecular weight is 278 g/mol. The molecule has 0 aliphatic carbocycles. The summed E-state index contributed by atoms with van der Waals surface area (Å²) in [4.78, 5) is 25.7. The lowest BCUT2D eigenvalue weighted by molar-refractivity contribution is -0.135. The molecule has 20 heavy (non-hydrogen) atoms. The van der Waals surface area contributed by atoms with Crippen molar-refractivity contribution in [2.24, 2.45) is 0 Å². The lowest BCUT2D eigenvalue weighted by atomic mass is 10.1. The first-order chi connectivity index (χ1) is 9.52. The van der Waals surface area contributed by atoms with Gasteiger partial charge in [-0.1, -0.05) is 19.1 Å². The van der Waals surface area contributed by atoms with Crippen molar-refractivity contribution in [1.29, 1.82) is 0 Å². The number of rotatable bonds is 3. The monoisotopic (exact) mass is 278 g/mol. The van der Waals surface area contributed by atoms with Gasteiger partial charge in [0.25, 0.3) is 0 Å². The number of hydrogen-bond donors (Lipinski definition) is 1. The van der Waals surface area contributed by atoms with Crippen LogP contribution in [0, 0.1) is 5.82 Å². The summed E-state index contributed by atoms with van der Waals surface area (Å²) in [5.41, 5.74) is 0.738.